The predicted molar refractivity (Wildman–Crippen MR) is 104 cm³/mol. The van der Waals surface area contributed by atoms with Gasteiger partial charge in [-0.25, -0.2) is 4.98 Å². The second-order valence-electron chi connectivity index (χ2n) is 7.12. The molecule has 3 heterocycles. The van der Waals surface area contributed by atoms with Crippen LogP contribution >= 0.6 is 0 Å². The fourth-order valence-electron chi connectivity index (χ4n) is 3.78. The number of hydrogen-bond acceptors (Lipinski definition) is 5. The van der Waals surface area contributed by atoms with Crippen LogP contribution in [0.4, 0.5) is 0 Å². The standard InChI is InChI=1S/C21H23N3O4/c1-14-11-18(25)19(12-27-14)28-13-20(26)24-10-6-5-9-17(24)21-22-15-7-3-4-8-16(15)23(21)2/h3-4,7-8,11-12,17H,5-6,9-10,13H2,1-2H3/t17-/m0/s1. The Balaban J connectivity index is 1.55. The average molecular weight is 381 g/mol. The van der Waals surface area contributed by atoms with Crippen molar-refractivity contribution in [2.75, 3.05) is 13.2 Å². The van der Waals surface area contributed by atoms with Gasteiger partial charge in [0, 0.05) is 19.7 Å². The Morgan fingerprint density at radius 2 is 2.14 bits per heavy atom. The SMILES string of the molecule is Cc1cc(=O)c(OCC(=O)N2CCCC[C@H]2c2nc3ccccc3n2C)co1. The topological polar surface area (TPSA) is 77.6 Å². The number of piperidine rings is 1. The molecule has 3 aromatic rings. The number of nitrogens with zero attached hydrogens (tertiary/aromatic N) is 3. The molecule has 7 heteroatoms. The normalized spacial score (nSPS) is 17.1. The Kier molecular flexibility index (Phi) is 4.90. The highest BCUT2D eigenvalue weighted by Crippen LogP contribution is 2.32. The lowest BCUT2D eigenvalue weighted by Gasteiger charge is -2.35. The van der Waals surface area contributed by atoms with Crippen LogP contribution in [0.5, 0.6) is 5.75 Å². The molecule has 0 aliphatic carbocycles. The largest absolute Gasteiger partial charge is 0.477 e. The molecule has 4 rings (SSSR count). The van der Waals surface area contributed by atoms with E-state index in [0.717, 1.165) is 36.1 Å². The van der Waals surface area contributed by atoms with Gasteiger partial charge in [-0.15, -0.1) is 0 Å². The Hall–Kier alpha value is -3.09. The van der Waals surface area contributed by atoms with E-state index in [1.807, 2.05) is 36.2 Å². The van der Waals surface area contributed by atoms with Crippen LogP contribution in [0.2, 0.25) is 0 Å². The third-order valence-corrected chi connectivity index (χ3v) is 5.22. The summed E-state index contributed by atoms with van der Waals surface area (Å²) in [5, 5.41) is 0. The molecule has 1 atom stereocenters. The Morgan fingerprint density at radius 1 is 1.32 bits per heavy atom. The number of benzene rings is 1. The van der Waals surface area contributed by atoms with Gasteiger partial charge in [0.15, 0.2) is 6.61 Å². The first-order valence-corrected chi connectivity index (χ1v) is 9.47. The van der Waals surface area contributed by atoms with E-state index in [2.05, 4.69) is 4.57 Å². The number of ether oxygens (including phenoxy) is 1. The number of amides is 1. The maximum absolute atomic E-state index is 12.9. The van der Waals surface area contributed by atoms with E-state index >= 15 is 0 Å². The first-order valence-electron chi connectivity index (χ1n) is 9.47. The molecule has 146 valence electrons. The van der Waals surface area contributed by atoms with Crippen molar-refractivity contribution in [3.05, 3.63) is 58.4 Å². The summed E-state index contributed by atoms with van der Waals surface area (Å²) in [7, 11) is 1.98. The number of fused-ring (bicyclic) bond motifs is 1. The zero-order valence-corrected chi connectivity index (χ0v) is 16.1. The van der Waals surface area contributed by atoms with E-state index in [1.165, 1.54) is 12.3 Å². The minimum absolute atomic E-state index is 0.0511. The molecule has 7 nitrogen and oxygen atoms in total. The molecule has 0 unspecified atom stereocenters. The summed E-state index contributed by atoms with van der Waals surface area (Å²) in [6.45, 7) is 2.14. The van der Waals surface area contributed by atoms with Crippen molar-refractivity contribution in [3.63, 3.8) is 0 Å². The maximum Gasteiger partial charge on any atom is 0.261 e. The van der Waals surface area contributed by atoms with Crippen LogP contribution in [0.15, 0.2) is 45.8 Å². The first-order chi connectivity index (χ1) is 13.5. The molecule has 1 aliphatic heterocycles. The number of aryl methyl sites for hydroxylation is 2. The van der Waals surface area contributed by atoms with Crippen LogP contribution in [-0.2, 0) is 11.8 Å². The number of imidazole rings is 1. The molecule has 0 bridgehead atoms. The second-order valence-corrected chi connectivity index (χ2v) is 7.12. The Morgan fingerprint density at radius 3 is 2.93 bits per heavy atom. The quantitative estimate of drug-likeness (QED) is 0.694. The third kappa shape index (κ3) is 3.40. The fourth-order valence-corrected chi connectivity index (χ4v) is 3.78. The summed E-state index contributed by atoms with van der Waals surface area (Å²) >= 11 is 0. The lowest BCUT2D eigenvalue weighted by Crippen LogP contribution is -2.42. The molecule has 1 amide bonds. The van der Waals surface area contributed by atoms with Crippen molar-refractivity contribution in [2.24, 2.45) is 7.05 Å². The summed E-state index contributed by atoms with van der Waals surface area (Å²) in [5.74, 6) is 1.28. The first kappa shape index (κ1) is 18.3. The molecule has 1 aliphatic rings. The number of carbonyl (C=O) groups excluding carboxylic acids is 1. The van der Waals surface area contributed by atoms with Gasteiger partial charge in [-0.05, 0) is 38.3 Å². The van der Waals surface area contributed by atoms with Gasteiger partial charge >= 0.3 is 0 Å². The molecular formula is C21H23N3O4. The molecule has 2 aromatic heterocycles. The van der Waals surface area contributed by atoms with Crippen molar-refractivity contribution < 1.29 is 13.9 Å². The molecule has 1 aromatic carbocycles. The van der Waals surface area contributed by atoms with Crippen molar-refractivity contribution >= 4 is 16.9 Å². The maximum atomic E-state index is 12.9. The lowest BCUT2D eigenvalue weighted by molar-refractivity contribution is -0.137. The van der Waals surface area contributed by atoms with Gasteiger partial charge in [0.05, 0.1) is 17.1 Å². The van der Waals surface area contributed by atoms with Gasteiger partial charge in [-0.3, -0.25) is 9.59 Å². The van der Waals surface area contributed by atoms with Gasteiger partial charge in [0.25, 0.3) is 5.91 Å². The van der Waals surface area contributed by atoms with Crippen LogP contribution in [0.1, 0.15) is 36.9 Å². The van der Waals surface area contributed by atoms with E-state index in [1.54, 1.807) is 6.92 Å². The van der Waals surface area contributed by atoms with E-state index < -0.39 is 0 Å². The Bertz CT molecular complexity index is 1070. The van der Waals surface area contributed by atoms with E-state index in [9.17, 15) is 9.59 Å². The number of hydrogen-bond donors (Lipinski definition) is 0. The van der Waals surface area contributed by atoms with Crippen LogP contribution in [-0.4, -0.2) is 33.5 Å². The van der Waals surface area contributed by atoms with E-state index in [-0.39, 0.29) is 29.7 Å². The van der Waals surface area contributed by atoms with Crippen molar-refractivity contribution in [1.82, 2.24) is 14.5 Å². The number of para-hydroxylation sites is 2. The highest BCUT2D eigenvalue weighted by Gasteiger charge is 2.31. The Labute approximate surface area is 162 Å². The number of rotatable bonds is 4. The minimum atomic E-state index is -0.290. The highest BCUT2D eigenvalue weighted by atomic mass is 16.5. The summed E-state index contributed by atoms with van der Waals surface area (Å²) < 4.78 is 12.7. The van der Waals surface area contributed by atoms with E-state index in [4.69, 9.17) is 14.1 Å². The monoisotopic (exact) mass is 381 g/mol. The minimum Gasteiger partial charge on any atom is -0.477 e. The number of likely N-dealkylation sites (tertiary alicyclic amines) is 1. The smallest absolute Gasteiger partial charge is 0.261 e. The van der Waals surface area contributed by atoms with Crippen LogP contribution < -0.4 is 10.2 Å². The van der Waals surface area contributed by atoms with Gasteiger partial charge < -0.3 is 18.6 Å². The average Bonchev–Trinajstić information content (AvgIpc) is 3.04. The highest BCUT2D eigenvalue weighted by molar-refractivity contribution is 5.79. The van der Waals surface area contributed by atoms with Crippen molar-refractivity contribution in [1.29, 1.82) is 0 Å². The molecule has 0 radical (unpaired) electrons. The zero-order valence-electron chi connectivity index (χ0n) is 16.1. The summed E-state index contributed by atoms with van der Waals surface area (Å²) in [6, 6.07) is 9.20. The molecule has 0 saturated carbocycles. The fraction of sp³-hybridized carbons (Fsp3) is 0.381. The predicted octanol–water partition coefficient (Wildman–Crippen LogP) is 2.97. The lowest BCUT2D eigenvalue weighted by atomic mass is 10.0. The summed E-state index contributed by atoms with van der Waals surface area (Å²) in [6.07, 6.45) is 4.10. The molecule has 0 N–H and O–H groups in total. The van der Waals surface area contributed by atoms with Gasteiger partial charge in [0.2, 0.25) is 11.2 Å². The number of carbonyl (C=O) groups is 1. The molecule has 1 fully saturated rings. The number of aromatic nitrogens is 2. The zero-order chi connectivity index (χ0) is 19.7. The summed E-state index contributed by atoms with van der Waals surface area (Å²) in [5.41, 5.74) is 1.68. The van der Waals surface area contributed by atoms with Crippen molar-refractivity contribution in [2.45, 2.75) is 32.2 Å². The summed E-state index contributed by atoms with van der Waals surface area (Å²) in [4.78, 5) is 31.4. The third-order valence-electron chi connectivity index (χ3n) is 5.22. The molecular weight excluding hydrogens is 358 g/mol. The van der Waals surface area contributed by atoms with Crippen LogP contribution in [0.25, 0.3) is 11.0 Å². The molecule has 0 spiro atoms. The van der Waals surface area contributed by atoms with Gasteiger partial charge in [0.1, 0.15) is 17.8 Å². The molecule has 28 heavy (non-hydrogen) atoms. The van der Waals surface area contributed by atoms with Gasteiger partial charge in [-0.2, -0.15) is 0 Å². The second kappa shape index (κ2) is 7.50. The van der Waals surface area contributed by atoms with Gasteiger partial charge in [-0.1, -0.05) is 12.1 Å². The van der Waals surface area contributed by atoms with Crippen LogP contribution in [0, 0.1) is 6.92 Å². The molecule has 1 saturated heterocycles. The van der Waals surface area contributed by atoms with E-state index in [0.29, 0.717) is 12.3 Å². The van der Waals surface area contributed by atoms with Crippen molar-refractivity contribution in [3.8, 4) is 5.75 Å². The van der Waals surface area contributed by atoms with Crippen LogP contribution in [0.3, 0.4) is 0 Å².